The number of aliphatic hydroxyl groups is 1. The summed E-state index contributed by atoms with van der Waals surface area (Å²) in [6.07, 6.45) is 0.512. The molecular formula is C11H20N6O2. The summed E-state index contributed by atoms with van der Waals surface area (Å²) in [5.41, 5.74) is 2.39. The average molecular weight is 268 g/mol. The highest BCUT2D eigenvalue weighted by Gasteiger charge is 2.26. The smallest absolute Gasteiger partial charge is 0.323 e. The first-order valence-electron chi connectivity index (χ1n) is 6.42. The van der Waals surface area contributed by atoms with Crippen LogP contribution in [0, 0.1) is 5.92 Å². The number of aromatic nitrogens is 3. The van der Waals surface area contributed by atoms with Crippen LogP contribution in [0.25, 0.3) is 0 Å². The Balaban J connectivity index is 2.20. The second-order valence-corrected chi connectivity index (χ2v) is 4.60. The van der Waals surface area contributed by atoms with Gasteiger partial charge in [0.05, 0.1) is 12.7 Å². The fourth-order valence-electron chi connectivity index (χ4n) is 1.98. The molecule has 2 rings (SSSR count). The third-order valence-corrected chi connectivity index (χ3v) is 3.21. The Labute approximate surface area is 112 Å². The maximum atomic E-state index is 9.92. The van der Waals surface area contributed by atoms with Gasteiger partial charge in [0.15, 0.2) is 0 Å². The predicted molar refractivity (Wildman–Crippen MR) is 70.8 cm³/mol. The molecule has 0 radical (unpaired) electrons. The van der Waals surface area contributed by atoms with Crippen molar-refractivity contribution < 1.29 is 9.84 Å². The predicted octanol–water partition coefficient (Wildman–Crippen LogP) is -0.237. The molecule has 1 aliphatic rings. The Morgan fingerprint density at radius 3 is 2.89 bits per heavy atom. The molecule has 1 fully saturated rings. The highest BCUT2D eigenvalue weighted by molar-refractivity contribution is 5.38. The number of rotatable bonds is 4. The molecule has 2 unspecified atom stereocenters. The highest BCUT2D eigenvalue weighted by Crippen LogP contribution is 2.22. The van der Waals surface area contributed by atoms with Crippen molar-refractivity contribution in [1.82, 2.24) is 15.0 Å². The number of aliphatic hydroxyl groups excluding tert-OH is 1. The molecular weight excluding hydrogens is 248 g/mol. The van der Waals surface area contributed by atoms with Crippen LogP contribution in [0.5, 0.6) is 6.01 Å². The van der Waals surface area contributed by atoms with E-state index in [9.17, 15) is 5.11 Å². The van der Waals surface area contributed by atoms with Crippen molar-refractivity contribution in [3.63, 3.8) is 0 Å². The van der Waals surface area contributed by atoms with E-state index in [0.717, 1.165) is 13.0 Å². The quantitative estimate of drug-likeness (QED) is 0.507. The van der Waals surface area contributed by atoms with Crippen molar-refractivity contribution in [2.75, 3.05) is 30.0 Å². The highest BCUT2D eigenvalue weighted by atomic mass is 16.5. The number of nitrogens with two attached hydrogens (primary N) is 1. The molecule has 1 aromatic rings. The molecule has 0 spiro atoms. The normalized spacial score (nSPS) is 23.3. The second kappa shape index (κ2) is 5.98. The minimum Gasteiger partial charge on any atom is -0.464 e. The van der Waals surface area contributed by atoms with Crippen LogP contribution >= 0.6 is 0 Å². The fourth-order valence-corrected chi connectivity index (χ4v) is 1.98. The van der Waals surface area contributed by atoms with E-state index in [4.69, 9.17) is 10.6 Å². The summed E-state index contributed by atoms with van der Waals surface area (Å²) in [6.45, 7) is 5.64. The van der Waals surface area contributed by atoms with Gasteiger partial charge < -0.3 is 14.7 Å². The summed E-state index contributed by atoms with van der Waals surface area (Å²) >= 11 is 0. The third kappa shape index (κ3) is 3.21. The molecule has 0 amide bonds. The Kier molecular flexibility index (Phi) is 4.33. The van der Waals surface area contributed by atoms with Crippen molar-refractivity contribution in [2.24, 2.45) is 11.8 Å². The summed E-state index contributed by atoms with van der Waals surface area (Å²) in [4.78, 5) is 14.3. The van der Waals surface area contributed by atoms with E-state index in [0.29, 0.717) is 19.1 Å². The van der Waals surface area contributed by atoms with E-state index >= 15 is 0 Å². The Morgan fingerprint density at radius 2 is 2.26 bits per heavy atom. The molecule has 2 atom stereocenters. The lowest BCUT2D eigenvalue weighted by Crippen LogP contribution is -2.43. The van der Waals surface area contributed by atoms with Gasteiger partial charge in [-0.15, -0.1) is 0 Å². The summed E-state index contributed by atoms with van der Waals surface area (Å²) < 4.78 is 5.28. The zero-order valence-electron chi connectivity index (χ0n) is 11.2. The van der Waals surface area contributed by atoms with Crippen molar-refractivity contribution in [3.8, 4) is 6.01 Å². The Bertz CT molecular complexity index is 430. The molecule has 2 heterocycles. The molecule has 8 nitrogen and oxygen atoms in total. The minimum absolute atomic E-state index is 0.230. The van der Waals surface area contributed by atoms with Gasteiger partial charge in [0.25, 0.3) is 0 Å². The van der Waals surface area contributed by atoms with Crippen LogP contribution in [0.2, 0.25) is 0 Å². The number of piperidine rings is 1. The maximum Gasteiger partial charge on any atom is 0.323 e. The molecule has 0 aromatic carbocycles. The molecule has 0 aliphatic carbocycles. The molecule has 1 aliphatic heterocycles. The van der Waals surface area contributed by atoms with E-state index in [1.165, 1.54) is 0 Å². The number of ether oxygens (including phenoxy) is 1. The van der Waals surface area contributed by atoms with Gasteiger partial charge in [-0.25, -0.2) is 5.84 Å². The van der Waals surface area contributed by atoms with E-state index in [-0.39, 0.29) is 24.0 Å². The SMILES string of the molecule is CCOc1nc(NN)nc(N2CCC(C)C(O)C2)n1. The standard InChI is InChI=1S/C11H20N6O2/c1-3-19-11-14-9(16-12)13-10(15-11)17-5-4-7(2)8(18)6-17/h7-8,18H,3-6,12H2,1-2H3,(H,13,14,15,16). The number of anilines is 2. The molecule has 1 aromatic heterocycles. The van der Waals surface area contributed by atoms with Gasteiger partial charge in [-0.1, -0.05) is 6.92 Å². The number of hydrogen-bond acceptors (Lipinski definition) is 8. The molecule has 19 heavy (non-hydrogen) atoms. The number of β-amino-alcohol motifs (C(OH)–C–C–N with tert-alkyl or cyclic N) is 1. The number of nitrogen functional groups attached to an aromatic ring is 1. The number of nitrogens with one attached hydrogen (secondary N) is 1. The lowest BCUT2D eigenvalue weighted by Gasteiger charge is -2.34. The molecule has 1 saturated heterocycles. The molecule has 106 valence electrons. The maximum absolute atomic E-state index is 9.92. The van der Waals surface area contributed by atoms with Gasteiger partial charge in [-0.3, -0.25) is 5.43 Å². The lowest BCUT2D eigenvalue weighted by molar-refractivity contribution is 0.102. The zero-order valence-corrected chi connectivity index (χ0v) is 11.2. The van der Waals surface area contributed by atoms with Crippen LogP contribution in [-0.4, -0.2) is 45.9 Å². The average Bonchev–Trinajstić information content (AvgIpc) is 2.42. The number of hydrogen-bond donors (Lipinski definition) is 3. The number of hydrazine groups is 1. The van der Waals surface area contributed by atoms with E-state index in [1.807, 2.05) is 18.7 Å². The van der Waals surface area contributed by atoms with Gasteiger partial charge in [-0.2, -0.15) is 15.0 Å². The minimum atomic E-state index is -0.379. The van der Waals surface area contributed by atoms with Crippen LogP contribution < -0.4 is 20.9 Å². The first kappa shape index (κ1) is 13.8. The second-order valence-electron chi connectivity index (χ2n) is 4.60. The van der Waals surface area contributed by atoms with E-state index < -0.39 is 0 Å². The topological polar surface area (TPSA) is 109 Å². The summed E-state index contributed by atoms with van der Waals surface area (Å²) in [7, 11) is 0. The fraction of sp³-hybridized carbons (Fsp3) is 0.727. The van der Waals surface area contributed by atoms with Crippen LogP contribution in [0.1, 0.15) is 20.3 Å². The Hall–Kier alpha value is -1.67. The third-order valence-electron chi connectivity index (χ3n) is 3.21. The van der Waals surface area contributed by atoms with Gasteiger partial charge >= 0.3 is 6.01 Å². The molecule has 8 heteroatoms. The lowest BCUT2D eigenvalue weighted by atomic mass is 9.96. The number of nitrogens with zero attached hydrogens (tertiary/aromatic N) is 4. The van der Waals surface area contributed by atoms with Crippen molar-refractivity contribution in [3.05, 3.63) is 0 Å². The first-order chi connectivity index (χ1) is 9.13. The van der Waals surface area contributed by atoms with Crippen molar-refractivity contribution in [2.45, 2.75) is 26.4 Å². The zero-order chi connectivity index (χ0) is 13.8. The monoisotopic (exact) mass is 268 g/mol. The first-order valence-corrected chi connectivity index (χ1v) is 6.42. The van der Waals surface area contributed by atoms with Gasteiger partial charge in [0, 0.05) is 13.1 Å². The van der Waals surface area contributed by atoms with Gasteiger partial charge in [-0.05, 0) is 19.3 Å². The van der Waals surface area contributed by atoms with E-state index in [1.54, 1.807) is 0 Å². The summed E-state index contributed by atoms with van der Waals surface area (Å²) in [6, 6.07) is 0.230. The van der Waals surface area contributed by atoms with Gasteiger partial charge in [0.1, 0.15) is 0 Å². The van der Waals surface area contributed by atoms with Crippen LogP contribution in [0.3, 0.4) is 0 Å². The summed E-state index contributed by atoms with van der Waals surface area (Å²) in [5.74, 6) is 6.35. The largest absolute Gasteiger partial charge is 0.464 e. The Morgan fingerprint density at radius 1 is 1.47 bits per heavy atom. The molecule has 0 bridgehead atoms. The van der Waals surface area contributed by atoms with E-state index in [2.05, 4.69) is 20.4 Å². The van der Waals surface area contributed by atoms with Crippen LogP contribution in [0.4, 0.5) is 11.9 Å². The van der Waals surface area contributed by atoms with Crippen molar-refractivity contribution in [1.29, 1.82) is 0 Å². The molecule has 0 saturated carbocycles. The molecule has 4 N–H and O–H groups in total. The van der Waals surface area contributed by atoms with Crippen molar-refractivity contribution >= 4 is 11.9 Å². The summed E-state index contributed by atoms with van der Waals surface area (Å²) in [5, 5.41) is 9.92. The van der Waals surface area contributed by atoms with Crippen LogP contribution in [0.15, 0.2) is 0 Å². The van der Waals surface area contributed by atoms with Gasteiger partial charge in [0.2, 0.25) is 11.9 Å². The van der Waals surface area contributed by atoms with Crippen LogP contribution in [-0.2, 0) is 0 Å².